The number of carbonyl (C=O) groups is 1. The Balaban J connectivity index is 2.10. The van der Waals surface area contributed by atoms with Crippen LogP contribution in [-0.2, 0) is 11.2 Å². The first kappa shape index (κ1) is 19.3. The highest BCUT2D eigenvalue weighted by Crippen LogP contribution is 2.15. The first-order chi connectivity index (χ1) is 11.3. The summed E-state index contributed by atoms with van der Waals surface area (Å²) in [5.74, 6) is 0.680. The Morgan fingerprint density at radius 1 is 1.09 bits per heavy atom. The summed E-state index contributed by atoms with van der Waals surface area (Å²) >= 11 is 0. The van der Waals surface area contributed by atoms with Gasteiger partial charge in [-0.15, -0.1) is 0 Å². The van der Waals surface area contributed by atoms with Gasteiger partial charge in [0.25, 0.3) is 0 Å². The molecule has 0 aromatic heterocycles. The number of unbranched alkanes of at least 4 members (excludes halogenated alkanes) is 6. The van der Waals surface area contributed by atoms with E-state index in [2.05, 4.69) is 31.0 Å². The molecule has 0 saturated carbocycles. The third-order valence-corrected chi connectivity index (χ3v) is 3.85. The Morgan fingerprint density at radius 3 is 2.39 bits per heavy atom. The highest BCUT2D eigenvalue weighted by molar-refractivity contribution is 5.86. The molecule has 0 heterocycles. The van der Waals surface area contributed by atoms with Gasteiger partial charge in [0.05, 0.1) is 6.54 Å². The molecule has 0 saturated heterocycles. The predicted molar refractivity (Wildman–Crippen MR) is 96.8 cm³/mol. The number of hydrogen-bond donors (Lipinski definition) is 1. The van der Waals surface area contributed by atoms with Gasteiger partial charge < -0.3 is 10.1 Å². The van der Waals surface area contributed by atoms with Gasteiger partial charge in [0.1, 0.15) is 12.4 Å². The molecule has 0 fully saturated rings. The van der Waals surface area contributed by atoms with Crippen LogP contribution < -0.4 is 10.1 Å². The van der Waals surface area contributed by atoms with Crippen molar-refractivity contribution in [2.75, 3.05) is 13.2 Å². The zero-order valence-electron chi connectivity index (χ0n) is 14.5. The Hall–Kier alpha value is -1.77. The van der Waals surface area contributed by atoms with Gasteiger partial charge in [0.2, 0.25) is 5.91 Å². The number of benzene rings is 1. The molecule has 0 radical (unpaired) electrons. The summed E-state index contributed by atoms with van der Waals surface area (Å²) in [5, 5.41) is 2.68. The van der Waals surface area contributed by atoms with Crippen LogP contribution in [0.1, 0.15) is 57.4 Å². The van der Waals surface area contributed by atoms with E-state index in [-0.39, 0.29) is 5.91 Å². The summed E-state index contributed by atoms with van der Waals surface area (Å²) in [5.41, 5.74) is 1.37. The van der Waals surface area contributed by atoms with E-state index in [1.165, 1.54) is 56.6 Å². The van der Waals surface area contributed by atoms with Gasteiger partial charge in [-0.2, -0.15) is 0 Å². The average Bonchev–Trinajstić information content (AvgIpc) is 2.59. The summed E-state index contributed by atoms with van der Waals surface area (Å²) in [7, 11) is 0. The lowest BCUT2D eigenvalue weighted by atomic mass is 10.0. The normalized spacial score (nSPS) is 10.3. The molecule has 0 aliphatic rings. The lowest BCUT2D eigenvalue weighted by Gasteiger charge is -2.08. The molecule has 0 atom stereocenters. The van der Waals surface area contributed by atoms with Crippen LogP contribution in [0.3, 0.4) is 0 Å². The van der Waals surface area contributed by atoms with Crippen molar-refractivity contribution in [3.05, 3.63) is 42.5 Å². The molecular weight excluding hydrogens is 286 g/mol. The van der Waals surface area contributed by atoms with E-state index in [0.29, 0.717) is 13.2 Å². The average molecular weight is 317 g/mol. The van der Waals surface area contributed by atoms with E-state index in [1.54, 1.807) is 0 Å². The van der Waals surface area contributed by atoms with Gasteiger partial charge >= 0.3 is 0 Å². The van der Waals surface area contributed by atoms with Gasteiger partial charge in [-0.3, -0.25) is 4.79 Å². The first-order valence-electron chi connectivity index (χ1n) is 8.88. The maximum absolute atomic E-state index is 11.0. The highest BCUT2D eigenvalue weighted by Gasteiger charge is 1.98. The summed E-state index contributed by atoms with van der Waals surface area (Å²) in [6.07, 6.45) is 11.8. The molecule has 128 valence electrons. The molecule has 0 aliphatic heterocycles. The van der Waals surface area contributed by atoms with E-state index in [4.69, 9.17) is 4.74 Å². The van der Waals surface area contributed by atoms with Crippen molar-refractivity contribution in [3.8, 4) is 5.75 Å². The van der Waals surface area contributed by atoms with Crippen LogP contribution in [0.2, 0.25) is 0 Å². The molecule has 0 aliphatic carbocycles. The quantitative estimate of drug-likeness (QED) is 0.424. The van der Waals surface area contributed by atoms with E-state index in [0.717, 1.165) is 12.2 Å². The molecule has 3 nitrogen and oxygen atoms in total. The fraction of sp³-hybridized carbons (Fsp3) is 0.550. The Kier molecular flexibility index (Phi) is 10.7. The lowest BCUT2D eigenvalue weighted by molar-refractivity contribution is -0.116. The molecule has 0 spiro atoms. The molecule has 1 aromatic carbocycles. The molecule has 0 unspecified atom stereocenters. The molecule has 23 heavy (non-hydrogen) atoms. The fourth-order valence-corrected chi connectivity index (χ4v) is 2.45. The van der Waals surface area contributed by atoms with Crippen LogP contribution in [0.5, 0.6) is 5.75 Å². The Labute approximate surface area is 141 Å². The second kappa shape index (κ2) is 12.7. The summed E-state index contributed by atoms with van der Waals surface area (Å²) in [4.78, 5) is 11.0. The summed E-state index contributed by atoms with van der Waals surface area (Å²) in [6, 6.07) is 8.28. The summed E-state index contributed by atoms with van der Waals surface area (Å²) in [6.45, 7) is 6.62. The fourth-order valence-electron chi connectivity index (χ4n) is 2.45. The highest BCUT2D eigenvalue weighted by atomic mass is 16.5. The minimum Gasteiger partial charge on any atom is -0.492 e. The monoisotopic (exact) mass is 317 g/mol. The van der Waals surface area contributed by atoms with Crippen LogP contribution in [0, 0.1) is 0 Å². The number of carbonyl (C=O) groups excluding carboxylic acids is 1. The number of rotatable bonds is 13. The van der Waals surface area contributed by atoms with E-state index in [9.17, 15) is 4.79 Å². The number of nitrogens with one attached hydrogen (secondary N) is 1. The van der Waals surface area contributed by atoms with Crippen molar-refractivity contribution in [1.82, 2.24) is 5.32 Å². The Morgan fingerprint density at radius 2 is 1.74 bits per heavy atom. The standard InChI is InChI=1S/C20H31NO2/c1-3-5-6-7-8-9-10-11-18-12-14-19(15-13-18)23-17-16-21-20(22)4-2/h4,12-15H,2-3,5-11,16-17H2,1H3,(H,21,22). The van der Waals surface area contributed by atoms with Gasteiger partial charge in [0.15, 0.2) is 0 Å². The van der Waals surface area contributed by atoms with Crippen molar-refractivity contribution in [1.29, 1.82) is 0 Å². The van der Waals surface area contributed by atoms with Crippen molar-refractivity contribution < 1.29 is 9.53 Å². The number of aryl methyl sites for hydroxylation is 1. The number of hydrogen-bond acceptors (Lipinski definition) is 2. The predicted octanol–water partition coefficient (Wildman–Crippen LogP) is 4.66. The first-order valence-corrected chi connectivity index (χ1v) is 8.88. The van der Waals surface area contributed by atoms with E-state index >= 15 is 0 Å². The van der Waals surface area contributed by atoms with Crippen LogP contribution >= 0.6 is 0 Å². The summed E-state index contributed by atoms with van der Waals surface area (Å²) < 4.78 is 5.59. The van der Waals surface area contributed by atoms with Crippen molar-refractivity contribution >= 4 is 5.91 Å². The molecular formula is C20H31NO2. The molecule has 1 rings (SSSR count). The molecule has 3 heteroatoms. The minimum atomic E-state index is -0.168. The number of amides is 1. The van der Waals surface area contributed by atoms with Crippen LogP contribution in [0.25, 0.3) is 0 Å². The van der Waals surface area contributed by atoms with Crippen LogP contribution in [0.15, 0.2) is 36.9 Å². The zero-order valence-corrected chi connectivity index (χ0v) is 14.5. The van der Waals surface area contributed by atoms with Crippen LogP contribution in [0.4, 0.5) is 0 Å². The minimum absolute atomic E-state index is 0.168. The maximum Gasteiger partial charge on any atom is 0.243 e. The van der Waals surface area contributed by atoms with Gasteiger partial charge in [-0.25, -0.2) is 0 Å². The van der Waals surface area contributed by atoms with Crippen molar-refractivity contribution in [2.24, 2.45) is 0 Å². The topological polar surface area (TPSA) is 38.3 Å². The molecule has 1 N–H and O–H groups in total. The SMILES string of the molecule is C=CC(=O)NCCOc1ccc(CCCCCCCCC)cc1. The van der Waals surface area contributed by atoms with Gasteiger partial charge in [0, 0.05) is 0 Å². The third kappa shape index (κ3) is 9.77. The maximum atomic E-state index is 11.0. The van der Waals surface area contributed by atoms with Crippen molar-refractivity contribution in [2.45, 2.75) is 58.3 Å². The second-order valence-electron chi connectivity index (χ2n) is 5.86. The van der Waals surface area contributed by atoms with Gasteiger partial charge in [-0.05, 0) is 36.6 Å². The second-order valence-corrected chi connectivity index (χ2v) is 5.86. The van der Waals surface area contributed by atoms with Gasteiger partial charge in [-0.1, -0.05) is 64.2 Å². The zero-order chi connectivity index (χ0) is 16.8. The smallest absolute Gasteiger partial charge is 0.243 e. The number of ether oxygens (including phenoxy) is 1. The van der Waals surface area contributed by atoms with E-state index < -0.39 is 0 Å². The third-order valence-electron chi connectivity index (χ3n) is 3.85. The van der Waals surface area contributed by atoms with Crippen molar-refractivity contribution in [3.63, 3.8) is 0 Å². The molecule has 1 amide bonds. The molecule has 1 aromatic rings. The van der Waals surface area contributed by atoms with Crippen LogP contribution in [-0.4, -0.2) is 19.1 Å². The lowest BCUT2D eigenvalue weighted by Crippen LogP contribution is -2.26. The Bertz CT molecular complexity index is 439. The molecule has 0 bridgehead atoms. The largest absolute Gasteiger partial charge is 0.492 e. The van der Waals surface area contributed by atoms with E-state index in [1.807, 2.05) is 12.1 Å².